The summed E-state index contributed by atoms with van der Waals surface area (Å²) in [5.74, 6) is 1.39. The van der Waals surface area contributed by atoms with Crippen LogP contribution >= 0.6 is 0 Å². The number of halogens is 3. The van der Waals surface area contributed by atoms with E-state index in [9.17, 15) is 18.0 Å². The zero-order chi connectivity index (χ0) is 17.5. The Morgan fingerprint density at radius 1 is 1.21 bits per heavy atom. The van der Waals surface area contributed by atoms with Crippen LogP contribution < -0.4 is 0 Å². The summed E-state index contributed by atoms with van der Waals surface area (Å²) in [4.78, 5) is 16.1. The van der Waals surface area contributed by atoms with Crippen LogP contribution in [0, 0.1) is 0 Å². The SMILES string of the molecule is CC(C)n1nc(-c2ccc(C(F)(F)F)cc2)nc1C1CCC(=O)C1. The van der Waals surface area contributed by atoms with Gasteiger partial charge in [-0.3, -0.25) is 4.79 Å². The van der Waals surface area contributed by atoms with E-state index in [2.05, 4.69) is 10.1 Å². The fraction of sp³-hybridized carbons (Fsp3) is 0.471. The molecule has 2 aromatic rings. The van der Waals surface area contributed by atoms with Crippen molar-refractivity contribution in [3.05, 3.63) is 35.7 Å². The molecule has 24 heavy (non-hydrogen) atoms. The van der Waals surface area contributed by atoms with Gasteiger partial charge in [0.2, 0.25) is 0 Å². The van der Waals surface area contributed by atoms with Gasteiger partial charge in [0, 0.05) is 30.4 Å². The van der Waals surface area contributed by atoms with Crippen LogP contribution in [-0.4, -0.2) is 20.5 Å². The van der Waals surface area contributed by atoms with Gasteiger partial charge in [-0.1, -0.05) is 12.1 Å². The van der Waals surface area contributed by atoms with E-state index in [0.717, 1.165) is 24.4 Å². The molecule has 0 amide bonds. The Balaban J connectivity index is 1.95. The van der Waals surface area contributed by atoms with Crippen molar-refractivity contribution >= 4 is 5.78 Å². The van der Waals surface area contributed by atoms with E-state index < -0.39 is 11.7 Å². The second-order valence-electron chi connectivity index (χ2n) is 6.39. The highest BCUT2D eigenvalue weighted by Crippen LogP contribution is 2.34. The number of hydrogen-bond acceptors (Lipinski definition) is 3. The molecule has 128 valence electrons. The molecule has 1 fully saturated rings. The van der Waals surface area contributed by atoms with Gasteiger partial charge in [-0.15, -0.1) is 0 Å². The number of Topliss-reactive ketones (excluding diaryl/α,β-unsaturated/α-hetero) is 1. The zero-order valence-corrected chi connectivity index (χ0v) is 13.5. The first-order valence-corrected chi connectivity index (χ1v) is 7.91. The predicted octanol–water partition coefficient (Wildman–Crippen LogP) is 4.38. The maximum atomic E-state index is 12.7. The minimum absolute atomic E-state index is 0.0376. The van der Waals surface area contributed by atoms with Crippen LogP contribution in [0.1, 0.15) is 56.5 Å². The molecule has 0 N–H and O–H groups in total. The maximum Gasteiger partial charge on any atom is 0.416 e. The minimum Gasteiger partial charge on any atom is -0.300 e. The molecule has 1 aromatic heterocycles. The molecule has 0 spiro atoms. The molecule has 0 bridgehead atoms. The second-order valence-corrected chi connectivity index (χ2v) is 6.39. The molecule has 0 radical (unpaired) electrons. The number of alkyl halides is 3. The van der Waals surface area contributed by atoms with Crippen LogP contribution in [0.3, 0.4) is 0 Å². The van der Waals surface area contributed by atoms with Crippen LogP contribution in [0.15, 0.2) is 24.3 Å². The standard InChI is InChI=1S/C17H18F3N3O/c1-10(2)23-16(12-5-8-14(24)9-12)21-15(22-23)11-3-6-13(7-4-11)17(18,19)20/h3-4,6-7,10,12H,5,8-9H2,1-2H3. The third-order valence-corrected chi connectivity index (χ3v) is 4.23. The topological polar surface area (TPSA) is 47.8 Å². The highest BCUT2D eigenvalue weighted by atomic mass is 19.4. The Morgan fingerprint density at radius 3 is 2.38 bits per heavy atom. The molecule has 1 unspecified atom stereocenters. The third kappa shape index (κ3) is 3.20. The number of rotatable bonds is 3. The first-order valence-electron chi connectivity index (χ1n) is 7.91. The summed E-state index contributed by atoms with van der Waals surface area (Å²) >= 11 is 0. The van der Waals surface area contributed by atoms with Crippen molar-refractivity contribution in [3.8, 4) is 11.4 Å². The normalized spacial score (nSPS) is 18.6. The van der Waals surface area contributed by atoms with E-state index in [4.69, 9.17) is 0 Å². The highest BCUT2D eigenvalue weighted by molar-refractivity contribution is 5.81. The Labute approximate surface area is 137 Å². The van der Waals surface area contributed by atoms with Crippen molar-refractivity contribution in [1.82, 2.24) is 14.8 Å². The van der Waals surface area contributed by atoms with Crippen molar-refractivity contribution in [2.45, 2.75) is 51.2 Å². The number of carbonyl (C=O) groups is 1. The van der Waals surface area contributed by atoms with E-state index in [1.807, 2.05) is 13.8 Å². The summed E-state index contributed by atoms with van der Waals surface area (Å²) in [5.41, 5.74) is -0.163. The van der Waals surface area contributed by atoms with Gasteiger partial charge in [-0.25, -0.2) is 9.67 Å². The summed E-state index contributed by atoms with van der Waals surface area (Å²) in [6.45, 7) is 3.93. The lowest BCUT2D eigenvalue weighted by molar-refractivity contribution is -0.137. The van der Waals surface area contributed by atoms with Gasteiger partial charge in [0.15, 0.2) is 5.82 Å². The molecular formula is C17H18F3N3O. The van der Waals surface area contributed by atoms with Crippen LogP contribution in [0.25, 0.3) is 11.4 Å². The second kappa shape index (κ2) is 6.03. The molecular weight excluding hydrogens is 319 g/mol. The molecule has 1 saturated carbocycles. The monoisotopic (exact) mass is 337 g/mol. The Hall–Kier alpha value is -2.18. The van der Waals surface area contributed by atoms with Crippen LogP contribution in [0.5, 0.6) is 0 Å². The minimum atomic E-state index is -4.36. The average Bonchev–Trinajstić information content (AvgIpc) is 3.12. The Morgan fingerprint density at radius 2 is 1.88 bits per heavy atom. The van der Waals surface area contributed by atoms with Crippen LogP contribution in [-0.2, 0) is 11.0 Å². The number of nitrogens with zero attached hydrogens (tertiary/aromatic N) is 3. The summed E-state index contributed by atoms with van der Waals surface area (Å²) in [5, 5.41) is 4.45. The quantitative estimate of drug-likeness (QED) is 0.835. The fourth-order valence-corrected chi connectivity index (χ4v) is 2.96. The average molecular weight is 337 g/mol. The van der Waals surface area contributed by atoms with Gasteiger partial charge in [0.05, 0.1) is 5.56 Å². The molecule has 1 aromatic carbocycles. The van der Waals surface area contributed by atoms with E-state index >= 15 is 0 Å². The molecule has 0 aliphatic heterocycles. The van der Waals surface area contributed by atoms with Gasteiger partial charge >= 0.3 is 6.18 Å². The third-order valence-electron chi connectivity index (χ3n) is 4.23. The lowest BCUT2D eigenvalue weighted by Gasteiger charge is -2.12. The van der Waals surface area contributed by atoms with E-state index in [0.29, 0.717) is 24.2 Å². The molecule has 4 nitrogen and oxygen atoms in total. The molecule has 7 heteroatoms. The molecule has 1 aliphatic carbocycles. The van der Waals surface area contributed by atoms with Crippen LogP contribution in [0.4, 0.5) is 13.2 Å². The first kappa shape index (κ1) is 16.7. The largest absolute Gasteiger partial charge is 0.416 e. The Bertz CT molecular complexity index is 747. The molecule has 0 saturated heterocycles. The highest BCUT2D eigenvalue weighted by Gasteiger charge is 2.31. The molecule has 1 heterocycles. The summed E-state index contributed by atoms with van der Waals surface area (Å²) in [6.07, 6.45) is -2.61. The predicted molar refractivity (Wildman–Crippen MR) is 82.4 cm³/mol. The number of hydrogen-bond donors (Lipinski definition) is 0. The van der Waals surface area contributed by atoms with E-state index in [1.54, 1.807) is 4.68 Å². The van der Waals surface area contributed by atoms with Crippen molar-refractivity contribution < 1.29 is 18.0 Å². The van der Waals surface area contributed by atoms with Crippen molar-refractivity contribution in [3.63, 3.8) is 0 Å². The summed E-state index contributed by atoms with van der Waals surface area (Å²) in [7, 11) is 0. The first-order chi connectivity index (χ1) is 11.3. The lowest BCUT2D eigenvalue weighted by atomic mass is 10.1. The fourth-order valence-electron chi connectivity index (χ4n) is 2.96. The van der Waals surface area contributed by atoms with Crippen molar-refractivity contribution in [2.75, 3.05) is 0 Å². The van der Waals surface area contributed by atoms with E-state index in [1.165, 1.54) is 12.1 Å². The van der Waals surface area contributed by atoms with Gasteiger partial charge in [0.25, 0.3) is 0 Å². The molecule has 1 atom stereocenters. The van der Waals surface area contributed by atoms with Gasteiger partial charge in [-0.05, 0) is 32.4 Å². The number of aromatic nitrogens is 3. The molecule has 1 aliphatic rings. The maximum absolute atomic E-state index is 12.7. The van der Waals surface area contributed by atoms with Crippen molar-refractivity contribution in [1.29, 1.82) is 0 Å². The number of benzene rings is 1. The smallest absolute Gasteiger partial charge is 0.300 e. The lowest BCUT2D eigenvalue weighted by Crippen LogP contribution is -2.11. The summed E-state index contributed by atoms with van der Waals surface area (Å²) in [6, 6.07) is 4.89. The Kier molecular flexibility index (Phi) is 4.19. The summed E-state index contributed by atoms with van der Waals surface area (Å²) < 4.78 is 39.8. The number of carbonyl (C=O) groups excluding carboxylic acids is 1. The van der Waals surface area contributed by atoms with E-state index in [-0.39, 0.29) is 17.7 Å². The molecule has 3 rings (SSSR count). The van der Waals surface area contributed by atoms with Crippen molar-refractivity contribution in [2.24, 2.45) is 0 Å². The van der Waals surface area contributed by atoms with Gasteiger partial charge < -0.3 is 0 Å². The zero-order valence-electron chi connectivity index (χ0n) is 13.5. The van der Waals surface area contributed by atoms with Crippen LogP contribution in [0.2, 0.25) is 0 Å². The number of ketones is 1. The van der Waals surface area contributed by atoms with Gasteiger partial charge in [-0.2, -0.15) is 18.3 Å². The van der Waals surface area contributed by atoms with Gasteiger partial charge in [0.1, 0.15) is 11.6 Å².